The standard InChI is InChI=1S/C13H21N3OS/c1-2-15-13(17)12-10-14-6-8-16(12)7-5-11-4-3-9-18-11/h3-4,9,12,14H,2,5-8,10H2,1H3,(H,15,17). The number of nitrogens with one attached hydrogen (secondary N) is 2. The van der Waals surface area contributed by atoms with Crippen molar-refractivity contribution in [3.05, 3.63) is 22.4 Å². The fraction of sp³-hybridized carbons (Fsp3) is 0.615. The normalized spacial score (nSPS) is 20.8. The Morgan fingerprint density at radius 3 is 3.28 bits per heavy atom. The molecule has 0 radical (unpaired) electrons. The maximum atomic E-state index is 12.0. The Hall–Kier alpha value is -0.910. The molecule has 2 N–H and O–H groups in total. The molecule has 0 bridgehead atoms. The van der Waals surface area contributed by atoms with Crippen LogP contribution in [0.3, 0.4) is 0 Å². The largest absolute Gasteiger partial charge is 0.355 e. The minimum Gasteiger partial charge on any atom is -0.355 e. The van der Waals surface area contributed by atoms with Gasteiger partial charge in [0.2, 0.25) is 5.91 Å². The molecule has 1 atom stereocenters. The second-order valence-electron chi connectivity index (χ2n) is 4.48. The third kappa shape index (κ3) is 3.54. The summed E-state index contributed by atoms with van der Waals surface area (Å²) in [5.41, 5.74) is 0. The summed E-state index contributed by atoms with van der Waals surface area (Å²) in [6.07, 6.45) is 1.04. The van der Waals surface area contributed by atoms with E-state index in [1.807, 2.05) is 6.92 Å². The highest BCUT2D eigenvalue weighted by Crippen LogP contribution is 2.12. The number of carbonyl (C=O) groups excluding carboxylic acids is 1. The molecule has 1 fully saturated rings. The van der Waals surface area contributed by atoms with Gasteiger partial charge in [0.1, 0.15) is 6.04 Å². The van der Waals surface area contributed by atoms with E-state index in [9.17, 15) is 4.79 Å². The van der Waals surface area contributed by atoms with Gasteiger partial charge >= 0.3 is 0 Å². The van der Waals surface area contributed by atoms with Crippen LogP contribution in [0.15, 0.2) is 17.5 Å². The molecular weight excluding hydrogens is 246 g/mol. The molecule has 18 heavy (non-hydrogen) atoms. The Bertz CT molecular complexity index is 366. The molecule has 0 aromatic carbocycles. The second kappa shape index (κ2) is 6.87. The van der Waals surface area contributed by atoms with Gasteiger partial charge in [-0.3, -0.25) is 9.69 Å². The minimum atomic E-state index is -0.0151. The Balaban J connectivity index is 1.89. The summed E-state index contributed by atoms with van der Waals surface area (Å²) in [5, 5.41) is 8.32. The van der Waals surface area contributed by atoms with E-state index in [2.05, 4.69) is 33.0 Å². The number of nitrogens with zero attached hydrogens (tertiary/aromatic N) is 1. The zero-order valence-electron chi connectivity index (χ0n) is 10.8. The van der Waals surface area contributed by atoms with Crippen molar-refractivity contribution in [2.45, 2.75) is 19.4 Å². The average molecular weight is 267 g/mol. The number of piperazine rings is 1. The topological polar surface area (TPSA) is 44.4 Å². The molecular formula is C13H21N3OS. The first-order valence-corrected chi connectivity index (χ1v) is 7.44. The van der Waals surface area contributed by atoms with E-state index in [0.29, 0.717) is 6.54 Å². The van der Waals surface area contributed by atoms with Gasteiger partial charge in [-0.15, -0.1) is 11.3 Å². The molecule has 1 amide bonds. The molecule has 0 saturated carbocycles. The summed E-state index contributed by atoms with van der Waals surface area (Å²) >= 11 is 1.79. The highest BCUT2D eigenvalue weighted by molar-refractivity contribution is 7.09. The van der Waals surface area contributed by atoms with Gasteiger partial charge in [-0.1, -0.05) is 6.07 Å². The third-order valence-corrected chi connectivity index (χ3v) is 4.17. The number of hydrogen-bond acceptors (Lipinski definition) is 4. The van der Waals surface area contributed by atoms with Crippen LogP contribution in [0.1, 0.15) is 11.8 Å². The fourth-order valence-corrected chi connectivity index (χ4v) is 2.97. The van der Waals surface area contributed by atoms with E-state index in [-0.39, 0.29) is 11.9 Å². The Morgan fingerprint density at radius 1 is 1.67 bits per heavy atom. The van der Waals surface area contributed by atoms with Crippen LogP contribution in [0, 0.1) is 0 Å². The summed E-state index contributed by atoms with van der Waals surface area (Å²) in [5.74, 6) is 0.149. The van der Waals surface area contributed by atoms with Gasteiger partial charge in [0.15, 0.2) is 0 Å². The highest BCUT2D eigenvalue weighted by Gasteiger charge is 2.27. The number of carbonyl (C=O) groups is 1. The predicted octanol–water partition coefficient (Wildman–Crippen LogP) is 0.701. The van der Waals surface area contributed by atoms with E-state index >= 15 is 0 Å². The van der Waals surface area contributed by atoms with Crippen molar-refractivity contribution in [3.63, 3.8) is 0 Å². The lowest BCUT2D eigenvalue weighted by atomic mass is 10.1. The van der Waals surface area contributed by atoms with E-state index in [1.54, 1.807) is 11.3 Å². The maximum absolute atomic E-state index is 12.0. The molecule has 1 saturated heterocycles. The van der Waals surface area contributed by atoms with Crippen LogP contribution in [-0.2, 0) is 11.2 Å². The van der Waals surface area contributed by atoms with Gasteiger partial charge in [-0.2, -0.15) is 0 Å². The van der Waals surface area contributed by atoms with Crippen LogP contribution in [0.5, 0.6) is 0 Å². The van der Waals surface area contributed by atoms with Crippen molar-refractivity contribution in [2.75, 3.05) is 32.7 Å². The van der Waals surface area contributed by atoms with Gasteiger partial charge in [0.25, 0.3) is 0 Å². The van der Waals surface area contributed by atoms with E-state index in [4.69, 9.17) is 0 Å². The zero-order valence-corrected chi connectivity index (χ0v) is 11.6. The molecule has 100 valence electrons. The van der Waals surface area contributed by atoms with Crippen molar-refractivity contribution >= 4 is 17.2 Å². The van der Waals surface area contributed by atoms with Crippen LogP contribution >= 0.6 is 11.3 Å². The zero-order chi connectivity index (χ0) is 12.8. The lowest BCUT2D eigenvalue weighted by Gasteiger charge is -2.35. The van der Waals surface area contributed by atoms with Crippen LogP contribution < -0.4 is 10.6 Å². The molecule has 5 heteroatoms. The minimum absolute atomic E-state index is 0.0151. The van der Waals surface area contributed by atoms with Crippen molar-refractivity contribution < 1.29 is 4.79 Å². The average Bonchev–Trinajstić information content (AvgIpc) is 2.90. The quantitative estimate of drug-likeness (QED) is 0.825. The molecule has 2 heterocycles. The van der Waals surface area contributed by atoms with Crippen LogP contribution in [0.2, 0.25) is 0 Å². The number of rotatable bonds is 5. The van der Waals surface area contributed by atoms with Crippen molar-refractivity contribution in [2.24, 2.45) is 0 Å². The SMILES string of the molecule is CCNC(=O)C1CNCCN1CCc1cccs1. The monoisotopic (exact) mass is 267 g/mol. The molecule has 2 rings (SSSR count). The maximum Gasteiger partial charge on any atom is 0.238 e. The number of amides is 1. The molecule has 1 aromatic rings. The smallest absolute Gasteiger partial charge is 0.238 e. The summed E-state index contributed by atoms with van der Waals surface area (Å²) in [6.45, 7) is 6.31. The number of thiophene rings is 1. The summed E-state index contributed by atoms with van der Waals surface area (Å²) < 4.78 is 0. The summed E-state index contributed by atoms with van der Waals surface area (Å²) in [7, 11) is 0. The summed E-state index contributed by atoms with van der Waals surface area (Å²) in [4.78, 5) is 15.7. The van der Waals surface area contributed by atoms with Crippen LogP contribution in [0.25, 0.3) is 0 Å². The van der Waals surface area contributed by atoms with E-state index in [1.165, 1.54) is 4.88 Å². The van der Waals surface area contributed by atoms with Gasteiger partial charge in [-0.05, 0) is 24.8 Å². The molecule has 1 unspecified atom stereocenters. The second-order valence-corrected chi connectivity index (χ2v) is 5.51. The molecule has 0 aliphatic carbocycles. The summed E-state index contributed by atoms with van der Waals surface area (Å²) in [6, 6.07) is 4.23. The lowest BCUT2D eigenvalue weighted by molar-refractivity contribution is -0.126. The van der Waals surface area contributed by atoms with E-state index < -0.39 is 0 Å². The first-order valence-electron chi connectivity index (χ1n) is 6.56. The van der Waals surface area contributed by atoms with Crippen LogP contribution in [0.4, 0.5) is 0 Å². The lowest BCUT2D eigenvalue weighted by Crippen LogP contribution is -2.58. The van der Waals surface area contributed by atoms with Gasteiger partial charge < -0.3 is 10.6 Å². The third-order valence-electron chi connectivity index (χ3n) is 3.23. The molecule has 1 aliphatic heterocycles. The van der Waals surface area contributed by atoms with E-state index in [0.717, 1.165) is 32.6 Å². The molecule has 1 aromatic heterocycles. The fourth-order valence-electron chi connectivity index (χ4n) is 2.27. The van der Waals surface area contributed by atoms with Crippen LogP contribution in [-0.4, -0.2) is 49.6 Å². The van der Waals surface area contributed by atoms with Crippen molar-refractivity contribution in [1.82, 2.24) is 15.5 Å². The van der Waals surface area contributed by atoms with Gasteiger partial charge in [0.05, 0.1) is 0 Å². The Morgan fingerprint density at radius 2 is 2.56 bits per heavy atom. The van der Waals surface area contributed by atoms with Crippen molar-refractivity contribution in [1.29, 1.82) is 0 Å². The van der Waals surface area contributed by atoms with Crippen molar-refractivity contribution in [3.8, 4) is 0 Å². The highest BCUT2D eigenvalue weighted by atomic mass is 32.1. The number of hydrogen-bond donors (Lipinski definition) is 2. The molecule has 1 aliphatic rings. The van der Waals surface area contributed by atoms with Gasteiger partial charge in [0, 0.05) is 37.6 Å². The molecule has 4 nitrogen and oxygen atoms in total. The molecule has 0 spiro atoms. The first kappa shape index (κ1) is 13.5. The van der Waals surface area contributed by atoms with Gasteiger partial charge in [-0.25, -0.2) is 0 Å². The number of likely N-dealkylation sites (N-methyl/N-ethyl adjacent to an activating group) is 1. The predicted molar refractivity (Wildman–Crippen MR) is 74.9 cm³/mol. The Labute approximate surface area is 112 Å². The Kier molecular flexibility index (Phi) is 5.16. The first-order chi connectivity index (χ1) is 8.81.